The topological polar surface area (TPSA) is 35.5 Å². The third-order valence-corrected chi connectivity index (χ3v) is 5.64. The molecule has 0 atom stereocenters. The van der Waals surface area contributed by atoms with E-state index < -0.39 is 5.82 Å². The smallest absolute Gasteiger partial charge is 0.231 e. The van der Waals surface area contributed by atoms with E-state index in [1.165, 1.54) is 12.1 Å². The minimum atomic E-state index is -0.446. The van der Waals surface area contributed by atoms with Gasteiger partial charge in [-0.05, 0) is 55.0 Å². The molecule has 30 heavy (non-hydrogen) atoms. The quantitative estimate of drug-likeness (QED) is 0.381. The molecule has 3 aromatic rings. The molecule has 0 saturated heterocycles. The Bertz CT molecular complexity index is 1180. The van der Waals surface area contributed by atoms with E-state index >= 15 is 0 Å². The van der Waals surface area contributed by atoms with Crippen LogP contribution in [-0.4, -0.2) is 5.78 Å². The summed E-state index contributed by atoms with van der Waals surface area (Å²) >= 11 is 18.2. The number of benzene rings is 3. The maximum atomic E-state index is 14.0. The van der Waals surface area contributed by atoms with Crippen molar-refractivity contribution in [1.29, 1.82) is 0 Å². The first-order valence-corrected chi connectivity index (χ1v) is 10.1. The van der Waals surface area contributed by atoms with Crippen molar-refractivity contribution in [2.75, 3.05) is 0 Å². The summed E-state index contributed by atoms with van der Waals surface area (Å²) in [4.78, 5) is 12.7. The van der Waals surface area contributed by atoms with Gasteiger partial charge in [0.2, 0.25) is 5.78 Å². The molecule has 0 amide bonds. The van der Waals surface area contributed by atoms with Crippen molar-refractivity contribution in [3.05, 3.63) is 97.4 Å². The van der Waals surface area contributed by atoms with Crippen LogP contribution in [0, 0.1) is 12.7 Å². The molecule has 152 valence electrons. The molecule has 7 heteroatoms. The van der Waals surface area contributed by atoms with E-state index in [0.717, 1.165) is 0 Å². The predicted octanol–water partition coefficient (Wildman–Crippen LogP) is 7.29. The van der Waals surface area contributed by atoms with Crippen molar-refractivity contribution < 1.29 is 18.7 Å². The zero-order valence-corrected chi connectivity index (χ0v) is 17.9. The molecule has 0 saturated carbocycles. The second kappa shape index (κ2) is 8.31. The van der Waals surface area contributed by atoms with E-state index in [9.17, 15) is 9.18 Å². The minimum absolute atomic E-state index is 0.0534. The SMILES string of the molecule is Cc1c(OCc2c(F)cccc2Cl)ccc2c1O/C(=C\c1ccc(Cl)cc1Cl)C2=O. The number of rotatable bonds is 4. The molecule has 0 aliphatic carbocycles. The number of allylic oxidation sites excluding steroid dienone is 1. The molecule has 0 aromatic heterocycles. The maximum Gasteiger partial charge on any atom is 0.231 e. The fourth-order valence-electron chi connectivity index (χ4n) is 3.10. The van der Waals surface area contributed by atoms with Gasteiger partial charge in [0.25, 0.3) is 0 Å². The van der Waals surface area contributed by atoms with E-state index in [4.69, 9.17) is 44.3 Å². The Morgan fingerprint density at radius 3 is 2.60 bits per heavy atom. The van der Waals surface area contributed by atoms with Gasteiger partial charge in [-0.3, -0.25) is 4.79 Å². The summed E-state index contributed by atoms with van der Waals surface area (Å²) in [6.45, 7) is 1.71. The Balaban J connectivity index is 1.61. The first-order valence-electron chi connectivity index (χ1n) is 8.93. The highest BCUT2D eigenvalue weighted by Crippen LogP contribution is 2.40. The van der Waals surface area contributed by atoms with Crippen molar-refractivity contribution >= 4 is 46.7 Å². The summed E-state index contributed by atoms with van der Waals surface area (Å²) in [6.07, 6.45) is 1.57. The van der Waals surface area contributed by atoms with Crippen molar-refractivity contribution in [3.8, 4) is 11.5 Å². The van der Waals surface area contributed by atoms with Crippen molar-refractivity contribution in [1.82, 2.24) is 0 Å². The van der Waals surface area contributed by atoms with Gasteiger partial charge in [0, 0.05) is 21.2 Å². The molecular formula is C23H14Cl3FO3. The first-order chi connectivity index (χ1) is 14.3. The molecule has 0 radical (unpaired) electrons. The Kier molecular flexibility index (Phi) is 5.74. The van der Waals surface area contributed by atoms with Crippen LogP contribution in [0.3, 0.4) is 0 Å². The van der Waals surface area contributed by atoms with Crippen LogP contribution in [0.2, 0.25) is 15.1 Å². The number of ketones is 1. The lowest BCUT2D eigenvalue weighted by molar-refractivity contribution is 0.101. The summed E-state index contributed by atoms with van der Waals surface area (Å²) in [7, 11) is 0. The first kappa shape index (κ1) is 20.7. The average Bonchev–Trinajstić information content (AvgIpc) is 3.02. The second-order valence-electron chi connectivity index (χ2n) is 6.66. The standard InChI is InChI=1S/C23H14Cl3FO3/c1-12-20(29-11-16-17(25)3-2-4-19(16)27)8-7-15-22(28)21(30-23(12)15)9-13-5-6-14(24)10-18(13)26/h2-10H,11H2,1H3/b21-9-. The van der Waals surface area contributed by atoms with Gasteiger partial charge < -0.3 is 9.47 Å². The lowest BCUT2D eigenvalue weighted by atomic mass is 10.1. The second-order valence-corrected chi connectivity index (χ2v) is 7.91. The molecule has 1 aliphatic heterocycles. The third kappa shape index (κ3) is 3.91. The number of ether oxygens (including phenoxy) is 2. The van der Waals surface area contributed by atoms with Crippen LogP contribution in [0.4, 0.5) is 4.39 Å². The highest BCUT2D eigenvalue weighted by Gasteiger charge is 2.30. The lowest BCUT2D eigenvalue weighted by Crippen LogP contribution is -2.01. The number of carbonyl (C=O) groups excluding carboxylic acids is 1. The number of carbonyl (C=O) groups is 1. The van der Waals surface area contributed by atoms with Gasteiger partial charge in [0.15, 0.2) is 5.76 Å². The normalized spacial score (nSPS) is 14.0. The largest absolute Gasteiger partial charge is 0.488 e. The third-order valence-electron chi connectivity index (χ3n) is 4.72. The molecule has 1 heterocycles. The van der Waals surface area contributed by atoms with E-state index in [1.54, 1.807) is 49.4 Å². The number of Topliss-reactive ketones (excluding diaryl/α,β-unsaturated/α-hetero) is 1. The molecule has 0 unspecified atom stereocenters. The molecule has 0 N–H and O–H groups in total. The van der Waals surface area contributed by atoms with Crippen LogP contribution in [0.1, 0.15) is 27.0 Å². The van der Waals surface area contributed by atoms with Crippen molar-refractivity contribution in [2.24, 2.45) is 0 Å². The number of halogens is 4. The number of fused-ring (bicyclic) bond motifs is 1. The summed E-state index contributed by atoms with van der Waals surface area (Å²) in [5.41, 5.74) is 1.91. The predicted molar refractivity (Wildman–Crippen MR) is 116 cm³/mol. The molecule has 0 fully saturated rings. The van der Waals surface area contributed by atoms with Crippen LogP contribution >= 0.6 is 34.8 Å². The van der Waals surface area contributed by atoms with Gasteiger partial charge in [-0.2, -0.15) is 0 Å². The molecule has 3 aromatic carbocycles. The highest BCUT2D eigenvalue weighted by molar-refractivity contribution is 6.35. The number of hydrogen-bond donors (Lipinski definition) is 0. The highest BCUT2D eigenvalue weighted by atomic mass is 35.5. The van der Waals surface area contributed by atoms with Crippen molar-refractivity contribution in [2.45, 2.75) is 13.5 Å². The Morgan fingerprint density at radius 2 is 1.87 bits per heavy atom. The zero-order chi connectivity index (χ0) is 21.4. The van der Waals surface area contributed by atoms with E-state index in [1.807, 2.05) is 0 Å². The summed E-state index contributed by atoms with van der Waals surface area (Å²) in [6, 6.07) is 12.7. The van der Waals surface area contributed by atoms with Gasteiger partial charge in [-0.15, -0.1) is 0 Å². The lowest BCUT2D eigenvalue weighted by Gasteiger charge is -2.12. The van der Waals surface area contributed by atoms with Gasteiger partial charge in [0.05, 0.1) is 10.6 Å². The van der Waals surface area contributed by atoms with Crippen LogP contribution in [0.15, 0.2) is 54.3 Å². The van der Waals surface area contributed by atoms with E-state index in [0.29, 0.717) is 38.2 Å². The van der Waals surface area contributed by atoms with Crippen LogP contribution in [0.5, 0.6) is 11.5 Å². The van der Waals surface area contributed by atoms with E-state index in [-0.39, 0.29) is 28.7 Å². The molecule has 0 bridgehead atoms. The molecule has 0 spiro atoms. The monoisotopic (exact) mass is 462 g/mol. The molecule has 4 rings (SSSR count). The summed E-state index contributed by atoms with van der Waals surface area (Å²) in [5.74, 6) is 0.298. The van der Waals surface area contributed by atoms with Gasteiger partial charge in [-0.1, -0.05) is 46.9 Å². The average molecular weight is 464 g/mol. The van der Waals surface area contributed by atoms with Gasteiger partial charge >= 0.3 is 0 Å². The van der Waals surface area contributed by atoms with Crippen LogP contribution < -0.4 is 9.47 Å². The molecule has 1 aliphatic rings. The van der Waals surface area contributed by atoms with Gasteiger partial charge in [0.1, 0.15) is 23.9 Å². The van der Waals surface area contributed by atoms with Crippen LogP contribution in [-0.2, 0) is 6.61 Å². The Labute approximate surface area is 187 Å². The summed E-state index contributed by atoms with van der Waals surface area (Å²) in [5, 5.41) is 1.19. The maximum absolute atomic E-state index is 14.0. The Morgan fingerprint density at radius 1 is 1.07 bits per heavy atom. The van der Waals surface area contributed by atoms with Crippen LogP contribution in [0.25, 0.3) is 6.08 Å². The molecule has 3 nitrogen and oxygen atoms in total. The minimum Gasteiger partial charge on any atom is -0.488 e. The number of hydrogen-bond acceptors (Lipinski definition) is 3. The Hall–Kier alpha value is -2.53. The van der Waals surface area contributed by atoms with Crippen molar-refractivity contribution in [3.63, 3.8) is 0 Å². The summed E-state index contributed by atoms with van der Waals surface area (Å²) < 4.78 is 25.6. The van der Waals surface area contributed by atoms with Gasteiger partial charge in [-0.25, -0.2) is 4.39 Å². The zero-order valence-electron chi connectivity index (χ0n) is 15.6. The fraction of sp³-hybridized carbons (Fsp3) is 0.0870. The molecular weight excluding hydrogens is 450 g/mol. The fourth-order valence-corrected chi connectivity index (χ4v) is 3.78. The van der Waals surface area contributed by atoms with E-state index in [2.05, 4.69) is 0 Å².